The van der Waals surface area contributed by atoms with Gasteiger partial charge in [-0.2, -0.15) is 0 Å². The molecule has 0 radical (unpaired) electrons. The molecule has 0 aromatic heterocycles. The molecule has 0 aliphatic carbocycles. The SMILES string of the molecule is CCCCCCCCCCCC(=O)N(O)CCCNC(=O)C[C@@](O)(CC(=O)NCCCN(O)C(C)=O)C(=O)O. The summed E-state index contributed by atoms with van der Waals surface area (Å²) in [5, 5.41) is 44.7. The monoisotopic (exact) mass is 560 g/mol. The Bertz CT molecular complexity index is 766. The number of carboxylic acid groups (broad SMARTS) is 1. The van der Waals surface area contributed by atoms with Crippen molar-refractivity contribution in [3.8, 4) is 0 Å². The highest BCUT2D eigenvalue weighted by Crippen LogP contribution is 2.16. The minimum Gasteiger partial charge on any atom is -0.479 e. The van der Waals surface area contributed by atoms with E-state index < -0.39 is 48.0 Å². The normalized spacial score (nSPS) is 12.3. The predicted molar refractivity (Wildman–Crippen MR) is 142 cm³/mol. The van der Waals surface area contributed by atoms with Crippen LogP contribution in [0, 0.1) is 0 Å². The highest BCUT2D eigenvalue weighted by atomic mass is 16.5. The van der Waals surface area contributed by atoms with Gasteiger partial charge in [-0.3, -0.25) is 29.6 Å². The van der Waals surface area contributed by atoms with Gasteiger partial charge in [-0.25, -0.2) is 14.9 Å². The molecule has 6 N–H and O–H groups in total. The predicted octanol–water partition coefficient (Wildman–Crippen LogP) is 1.97. The van der Waals surface area contributed by atoms with Crippen molar-refractivity contribution in [1.29, 1.82) is 0 Å². The van der Waals surface area contributed by atoms with E-state index in [-0.39, 0.29) is 45.4 Å². The Balaban J connectivity index is 4.17. The van der Waals surface area contributed by atoms with E-state index in [1.165, 1.54) is 32.1 Å². The summed E-state index contributed by atoms with van der Waals surface area (Å²) in [6.07, 6.45) is 8.93. The molecule has 0 aromatic carbocycles. The first-order valence-corrected chi connectivity index (χ1v) is 13.9. The summed E-state index contributed by atoms with van der Waals surface area (Å²) in [6, 6.07) is 0. The van der Waals surface area contributed by atoms with Gasteiger partial charge in [0, 0.05) is 26.4 Å². The molecule has 1 atom stereocenters. The zero-order valence-electron chi connectivity index (χ0n) is 23.5. The van der Waals surface area contributed by atoms with Crippen LogP contribution in [-0.2, 0) is 24.0 Å². The minimum absolute atomic E-state index is 0.0145. The smallest absolute Gasteiger partial charge is 0.336 e. The third-order valence-corrected chi connectivity index (χ3v) is 6.19. The van der Waals surface area contributed by atoms with Gasteiger partial charge in [0.15, 0.2) is 5.60 Å². The van der Waals surface area contributed by atoms with Crippen LogP contribution in [0.2, 0.25) is 0 Å². The lowest BCUT2D eigenvalue weighted by Gasteiger charge is -2.22. The molecule has 0 saturated carbocycles. The fourth-order valence-electron chi connectivity index (χ4n) is 3.78. The topological polar surface area (TPSA) is 197 Å². The minimum atomic E-state index is -2.63. The number of carbonyl (C=O) groups is 5. The van der Waals surface area contributed by atoms with Crippen molar-refractivity contribution < 1.29 is 44.6 Å². The number of carboxylic acids is 1. The molecule has 0 spiro atoms. The number of nitrogens with zero attached hydrogens (tertiary/aromatic N) is 2. The lowest BCUT2D eigenvalue weighted by molar-refractivity contribution is -0.166. The second kappa shape index (κ2) is 21.1. The van der Waals surface area contributed by atoms with Crippen LogP contribution >= 0.6 is 0 Å². The Morgan fingerprint density at radius 1 is 0.692 bits per heavy atom. The van der Waals surface area contributed by atoms with Crippen LogP contribution in [0.25, 0.3) is 0 Å². The van der Waals surface area contributed by atoms with Crippen LogP contribution < -0.4 is 10.6 Å². The van der Waals surface area contributed by atoms with Crippen molar-refractivity contribution in [2.24, 2.45) is 0 Å². The first-order chi connectivity index (χ1) is 18.4. The Morgan fingerprint density at radius 3 is 1.56 bits per heavy atom. The maximum Gasteiger partial charge on any atom is 0.336 e. The van der Waals surface area contributed by atoms with E-state index in [9.17, 15) is 44.6 Å². The molecule has 226 valence electrons. The number of rotatable bonds is 23. The van der Waals surface area contributed by atoms with Gasteiger partial charge in [-0.1, -0.05) is 58.3 Å². The molecule has 0 aliphatic heterocycles. The number of unbranched alkanes of at least 4 members (excludes halogenated alkanes) is 8. The summed E-state index contributed by atoms with van der Waals surface area (Å²) in [5.74, 6) is -4.34. The third-order valence-electron chi connectivity index (χ3n) is 6.19. The zero-order chi connectivity index (χ0) is 29.7. The van der Waals surface area contributed by atoms with Gasteiger partial charge < -0.3 is 20.8 Å². The van der Waals surface area contributed by atoms with Gasteiger partial charge in [0.1, 0.15) is 0 Å². The van der Waals surface area contributed by atoms with Gasteiger partial charge in [-0.05, 0) is 19.3 Å². The van der Waals surface area contributed by atoms with E-state index in [4.69, 9.17) is 0 Å². The van der Waals surface area contributed by atoms with E-state index in [0.717, 1.165) is 26.2 Å². The first kappa shape index (κ1) is 36.2. The number of hydrogen-bond donors (Lipinski definition) is 6. The second-order valence-electron chi connectivity index (χ2n) is 9.83. The molecule has 0 unspecified atom stereocenters. The average Bonchev–Trinajstić information content (AvgIpc) is 2.87. The van der Waals surface area contributed by atoms with Crippen LogP contribution in [0.15, 0.2) is 0 Å². The molecular formula is C26H48N4O9. The van der Waals surface area contributed by atoms with E-state index in [1.54, 1.807) is 0 Å². The number of amides is 4. The number of aliphatic carboxylic acids is 1. The van der Waals surface area contributed by atoms with Gasteiger partial charge in [0.05, 0.1) is 25.9 Å². The molecule has 0 heterocycles. The standard InChI is InChI=1S/C26H48N4O9/c1-3-4-5-6-7-8-9-10-11-14-24(34)30(39)18-13-16-28-23(33)20-26(37,25(35)36)19-22(32)27-15-12-17-29(38)21(2)31/h37-39H,3-20H2,1-2H3,(H,27,32)(H,28,33)(H,35,36)/t26-/m0/s1. The Hall–Kier alpha value is -2.77. The lowest BCUT2D eigenvalue weighted by atomic mass is 9.94. The van der Waals surface area contributed by atoms with Gasteiger partial charge >= 0.3 is 5.97 Å². The second-order valence-corrected chi connectivity index (χ2v) is 9.83. The number of aliphatic hydroxyl groups is 1. The first-order valence-electron chi connectivity index (χ1n) is 13.9. The molecule has 4 amide bonds. The van der Waals surface area contributed by atoms with E-state index in [1.807, 2.05) is 0 Å². The fraction of sp³-hybridized carbons (Fsp3) is 0.808. The maximum atomic E-state index is 12.1. The fourth-order valence-corrected chi connectivity index (χ4v) is 3.78. The molecule has 39 heavy (non-hydrogen) atoms. The zero-order valence-corrected chi connectivity index (χ0v) is 23.5. The summed E-state index contributed by atoms with van der Waals surface area (Å²) in [5.41, 5.74) is -2.63. The highest BCUT2D eigenvalue weighted by molar-refractivity contribution is 5.91. The quantitative estimate of drug-likeness (QED) is 0.0614. The molecule has 0 bridgehead atoms. The van der Waals surface area contributed by atoms with E-state index in [2.05, 4.69) is 17.6 Å². The van der Waals surface area contributed by atoms with Crippen LogP contribution in [0.1, 0.15) is 104 Å². The summed E-state index contributed by atoms with van der Waals surface area (Å²) in [6.45, 7) is 3.32. The Morgan fingerprint density at radius 2 is 1.13 bits per heavy atom. The van der Waals surface area contributed by atoms with Crippen LogP contribution in [0.5, 0.6) is 0 Å². The molecule has 0 rings (SSSR count). The highest BCUT2D eigenvalue weighted by Gasteiger charge is 2.40. The third kappa shape index (κ3) is 18.2. The van der Waals surface area contributed by atoms with Crippen LogP contribution in [-0.4, -0.2) is 92.1 Å². The van der Waals surface area contributed by atoms with Crippen LogP contribution in [0.4, 0.5) is 0 Å². The molecule has 0 aromatic rings. The van der Waals surface area contributed by atoms with Crippen molar-refractivity contribution in [1.82, 2.24) is 20.8 Å². The Labute approximate surface area is 230 Å². The van der Waals surface area contributed by atoms with Gasteiger partial charge in [0.25, 0.3) is 0 Å². The lowest BCUT2D eigenvalue weighted by Crippen LogP contribution is -2.47. The van der Waals surface area contributed by atoms with Crippen LogP contribution in [0.3, 0.4) is 0 Å². The number of carbonyl (C=O) groups excluding carboxylic acids is 4. The summed E-state index contributed by atoms with van der Waals surface area (Å²) >= 11 is 0. The maximum absolute atomic E-state index is 12.1. The van der Waals surface area contributed by atoms with E-state index >= 15 is 0 Å². The van der Waals surface area contributed by atoms with Crippen molar-refractivity contribution in [2.75, 3.05) is 26.2 Å². The number of nitrogens with one attached hydrogen (secondary N) is 2. The summed E-state index contributed by atoms with van der Waals surface area (Å²) in [7, 11) is 0. The van der Waals surface area contributed by atoms with Crippen molar-refractivity contribution in [2.45, 2.75) is 109 Å². The van der Waals surface area contributed by atoms with Gasteiger partial charge in [0.2, 0.25) is 23.6 Å². The summed E-state index contributed by atoms with van der Waals surface area (Å²) in [4.78, 5) is 58.6. The largest absolute Gasteiger partial charge is 0.479 e. The van der Waals surface area contributed by atoms with Gasteiger partial charge in [-0.15, -0.1) is 0 Å². The molecule has 0 saturated heterocycles. The van der Waals surface area contributed by atoms with Crippen molar-refractivity contribution in [3.05, 3.63) is 0 Å². The number of hydroxylamine groups is 4. The molecule has 0 aliphatic rings. The number of hydrogen-bond acceptors (Lipinski definition) is 8. The molecule has 13 heteroatoms. The summed E-state index contributed by atoms with van der Waals surface area (Å²) < 4.78 is 0. The Kier molecular flexibility index (Phi) is 19.6. The average molecular weight is 561 g/mol. The molecule has 13 nitrogen and oxygen atoms in total. The van der Waals surface area contributed by atoms with E-state index in [0.29, 0.717) is 16.5 Å². The van der Waals surface area contributed by atoms with Crippen molar-refractivity contribution >= 4 is 29.6 Å². The molecule has 0 fully saturated rings. The van der Waals surface area contributed by atoms with Crippen molar-refractivity contribution in [3.63, 3.8) is 0 Å². The molecular weight excluding hydrogens is 512 g/mol.